The van der Waals surface area contributed by atoms with E-state index in [1.807, 2.05) is 6.92 Å². The van der Waals surface area contributed by atoms with Crippen molar-refractivity contribution in [2.24, 2.45) is 0 Å². The van der Waals surface area contributed by atoms with E-state index in [9.17, 15) is 4.39 Å². The highest BCUT2D eigenvalue weighted by atomic mass is 19.1. The Morgan fingerprint density at radius 1 is 1.00 bits per heavy atom. The van der Waals surface area contributed by atoms with Crippen LogP contribution in [0.5, 0.6) is 0 Å². The maximum absolute atomic E-state index is 12.7. The van der Waals surface area contributed by atoms with E-state index in [2.05, 4.69) is 9.97 Å². The molecule has 0 unspecified atom stereocenters. The first-order valence-corrected chi connectivity index (χ1v) is 5.32. The maximum Gasteiger partial charge on any atom is 0.123 e. The smallest absolute Gasteiger partial charge is 0.123 e. The second-order valence-electron chi connectivity index (χ2n) is 3.66. The van der Waals surface area contributed by atoms with Gasteiger partial charge in [-0.1, -0.05) is 19.1 Å². The molecule has 1 aromatic carbocycles. The molecule has 0 aliphatic heterocycles. The molecule has 0 radical (unpaired) electrons. The van der Waals surface area contributed by atoms with Crippen LogP contribution < -0.4 is 0 Å². The van der Waals surface area contributed by atoms with Gasteiger partial charge >= 0.3 is 0 Å². The molecule has 2 nitrogen and oxygen atoms in total. The first kappa shape index (κ1) is 10.7. The number of aromatic nitrogens is 2. The lowest BCUT2D eigenvalue weighted by Crippen LogP contribution is -1.96. The fourth-order valence-corrected chi connectivity index (χ4v) is 1.47. The molecule has 0 amide bonds. The molecule has 0 saturated carbocycles. The third-order valence-corrected chi connectivity index (χ3v) is 2.42. The molecule has 0 saturated heterocycles. The number of nitrogens with zero attached hydrogens (tertiary/aromatic N) is 2. The summed E-state index contributed by atoms with van der Waals surface area (Å²) < 4.78 is 12.7. The van der Waals surface area contributed by atoms with Crippen LogP contribution in [0.1, 0.15) is 23.9 Å². The Bertz CT molecular complexity index is 448. The minimum absolute atomic E-state index is 0.212. The normalized spacial score (nSPS) is 10.4. The van der Waals surface area contributed by atoms with E-state index in [0.717, 1.165) is 23.4 Å². The van der Waals surface area contributed by atoms with Gasteiger partial charge in [0, 0.05) is 18.8 Å². The van der Waals surface area contributed by atoms with Crippen LogP contribution in [0.3, 0.4) is 0 Å². The average Bonchev–Trinajstić information content (AvgIpc) is 2.33. The van der Waals surface area contributed by atoms with Gasteiger partial charge < -0.3 is 0 Å². The molecule has 0 aliphatic carbocycles. The molecule has 0 aliphatic rings. The van der Waals surface area contributed by atoms with Gasteiger partial charge in [-0.15, -0.1) is 0 Å². The summed E-state index contributed by atoms with van der Waals surface area (Å²) in [7, 11) is 0. The minimum atomic E-state index is -0.212. The van der Waals surface area contributed by atoms with Crippen molar-refractivity contribution in [2.75, 3.05) is 0 Å². The molecule has 0 atom stereocenters. The largest absolute Gasteiger partial charge is 0.258 e. The quantitative estimate of drug-likeness (QED) is 0.788. The zero-order chi connectivity index (χ0) is 11.4. The third kappa shape index (κ3) is 2.63. The SMILES string of the molecule is CCc1cnc(Cc2ccc(F)cc2)cn1. The van der Waals surface area contributed by atoms with Crippen LogP contribution >= 0.6 is 0 Å². The van der Waals surface area contributed by atoms with E-state index in [4.69, 9.17) is 0 Å². The maximum atomic E-state index is 12.7. The summed E-state index contributed by atoms with van der Waals surface area (Å²) in [5.41, 5.74) is 2.94. The number of rotatable bonds is 3. The Balaban J connectivity index is 2.11. The molecule has 0 fully saturated rings. The first-order chi connectivity index (χ1) is 7.78. The van der Waals surface area contributed by atoms with Gasteiger partial charge in [0.25, 0.3) is 0 Å². The van der Waals surface area contributed by atoms with Gasteiger partial charge in [-0.05, 0) is 24.1 Å². The first-order valence-electron chi connectivity index (χ1n) is 5.32. The van der Waals surface area contributed by atoms with Crippen molar-refractivity contribution in [3.8, 4) is 0 Å². The molecule has 1 heterocycles. The molecule has 0 bridgehead atoms. The highest BCUT2D eigenvalue weighted by molar-refractivity contribution is 5.21. The fraction of sp³-hybridized carbons (Fsp3) is 0.231. The zero-order valence-electron chi connectivity index (χ0n) is 9.15. The highest BCUT2D eigenvalue weighted by Crippen LogP contribution is 2.08. The van der Waals surface area contributed by atoms with Gasteiger partial charge in [0.2, 0.25) is 0 Å². The molecule has 82 valence electrons. The Morgan fingerprint density at radius 3 is 2.19 bits per heavy atom. The molecular formula is C13H13FN2. The summed E-state index contributed by atoms with van der Waals surface area (Å²) in [4.78, 5) is 8.59. The molecule has 3 heteroatoms. The van der Waals surface area contributed by atoms with E-state index in [1.54, 1.807) is 24.5 Å². The Hall–Kier alpha value is -1.77. The Morgan fingerprint density at radius 2 is 1.62 bits per heavy atom. The van der Waals surface area contributed by atoms with Crippen LogP contribution in [0.25, 0.3) is 0 Å². The van der Waals surface area contributed by atoms with Crippen LogP contribution in [0, 0.1) is 5.82 Å². The van der Waals surface area contributed by atoms with Crippen molar-refractivity contribution in [3.05, 3.63) is 59.4 Å². The van der Waals surface area contributed by atoms with E-state index in [0.29, 0.717) is 6.42 Å². The Labute approximate surface area is 94.2 Å². The van der Waals surface area contributed by atoms with Crippen molar-refractivity contribution in [1.82, 2.24) is 9.97 Å². The Kier molecular flexibility index (Phi) is 3.25. The number of hydrogen-bond donors (Lipinski definition) is 0. The molecular weight excluding hydrogens is 203 g/mol. The van der Waals surface area contributed by atoms with Gasteiger partial charge in [-0.25, -0.2) is 4.39 Å². The predicted molar refractivity (Wildman–Crippen MR) is 60.6 cm³/mol. The summed E-state index contributed by atoms with van der Waals surface area (Å²) in [6, 6.07) is 6.46. The lowest BCUT2D eigenvalue weighted by atomic mass is 10.1. The standard InChI is InChI=1S/C13H13FN2/c1-2-12-8-16-13(9-15-12)7-10-3-5-11(14)6-4-10/h3-6,8-9H,2,7H2,1H3. The topological polar surface area (TPSA) is 25.8 Å². The summed E-state index contributed by atoms with van der Waals surface area (Å²) >= 11 is 0. The zero-order valence-corrected chi connectivity index (χ0v) is 9.15. The number of benzene rings is 1. The summed E-state index contributed by atoms with van der Waals surface area (Å²) in [6.45, 7) is 2.05. The van der Waals surface area contributed by atoms with E-state index in [1.165, 1.54) is 12.1 Å². The number of aryl methyl sites for hydroxylation is 1. The van der Waals surface area contributed by atoms with Gasteiger partial charge in [0.05, 0.1) is 11.4 Å². The van der Waals surface area contributed by atoms with Gasteiger partial charge in [-0.2, -0.15) is 0 Å². The summed E-state index contributed by atoms with van der Waals surface area (Å²) in [5.74, 6) is -0.212. The summed E-state index contributed by atoms with van der Waals surface area (Å²) in [6.07, 6.45) is 5.15. The average molecular weight is 216 g/mol. The van der Waals surface area contributed by atoms with E-state index >= 15 is 0 Å². The highest BCUT2D eigenvalue weighted by Gasteiger charge is 1.99. The van der Waals surface area contributed by atoms with Crippen LogP contribution in [0.2, 0.25) is 0 Å². The van der Waals surface area contributed by atoms with Crippen LogP contribution in [0.15, 0.2) is 36.7 Å². The van der Waals surface area contributed by atoms with E-state index in [-0.39, 0.29) is 5.82 Å². The van der Waals surface area contributed by atoms with Crippen LogP contribution in [-0.4, -0.2) is 9.97 Å². The fourth-order valence-electron chi connectivity index (χ4n) is 1.47. The second kappa shape index (κ2) is 4.84. The van der Waals surface area contributed by atoms with Crippen LogP contribution in [-0.2, 0) is 12.8 Å². The molecule has 1 aromatic heterocycles. The van der Waals surface area contributed by atoms with Gasteiger partial charge in [-0.3, -0.25) is 9.97 Å². The molecule has 2 rings (SSSR count). The lowest BCUT2D eigenvalue weighted by molar-refractivity contribution is 0.627. The van der Waals surface area contributed by atoms with Crippen molar-refractivity contribution < 1.29 is 4.39 Å². The van der Waals surface area contributed by atoms with Crippen molar-refractivity contribution in [1.29, 1.82) is 0 Å². The number of halogens is 1. The summed E-state index contributed by atoms with van der Waals surface area (Å²) in [5, 5.41) is 0. The second-order valence-corrected chi connectivity index (χ2v) is 3.66. The lowest BCUT2D eigenvalue weighted by Gasteiger charge is -2.01. The molecule has 2 aromatic rings. The third-order valence-electron chi connectivity index (χ3n) is 2.42. The molecule has 16 heavy (non-hydrogen) atoms. The van der Waals surface area contributed by atoms with Crippen molar-refractivity contribution in [2.45, 2.75) is 19.8 Å². The predicted octanol–water partition coefficient (Wildman–Crippen LogP) is 2.77. The number of hydrogen-bond acceptors (Lipinski definition) is 2. The van der Waals surface area contributed by atoms with E-state index < -0.39 is 0 Å². The van der Waals surface area contributed by atoms with Gasteiger partial charge in [0.1, 0.15) is 5.82 Å². The van der Waals surface area contributed by atoms with Crippen molar-refractivity contribution in [3.63, 3.8) is 0 Å². The minimum Gasteiger partial charge on any atom is -0.258 e. The van der Waals surface area contributed by atoms with Gasteiger partial charge in [0.15, 0.2) is 0 Å². The molecule has 0 N–H and O–H groups in total. The monoisotopic (exact) mass is 216 g/mol. The van der Waals surface area contributed by atoms with Crippen molar-refractivity contribution >= 4 is 0 Å². The molecule has 0 spiro atoms. The van der Waals surface area contributed by atoms with Crippen LogP contribution in [0.4, 0.5) is 4.39 Å².